The molecule has 0 aliphatic heterocycles. The van der Waals surface area contributed by atoms with Crippen LogP contribution in [0.2, 0.25) is 0 Å². The Morgan fingerprint density at radius 3 is 3.10 bits per heavy atom. The molecule has 3 N–H and O–H groups in total. The van der Waals surface area contributed by atoms with Crippen LogP contribution in [0.1, 0.15) is 19.3 Å². The van der Waals surface area contributed by atoms with Gasteiger partial charge in [0.2, 0.25) is 18.2 Å². The van der Waals surface area contributed by atoms with E-state index in [1.807, 2.05) is 24.3 Å². The molecule has 1 aliphatic rings. The molecule has 1 aromatic carbocycles. The van der Waals surface area contributed by atoms with Gasteiger partial charge in [0.1, 0.15) is 0 Å². The van der Waals surface area contributed by atoms with Crippen molar-refractivity contribution in [3.05, 3.63) is 30.7 Å². The zero-order chi connectivity index (χ0) is 14.7. The number of nitrogens with zero attached hydrogens (tertiary/aromatic N) is 2. The number of nitrogens with one attached hydrogen (secondary N) is 1. The van der Waals surface area contributed by atoms with E-state index in [9.17, 15) is 4.79 Å². The highest BCUT2D eigenvalue weighted by Crippen LogP contribution is 2.32. The fraction of sp³-hybridized carbons (Fsp3) is 0.400. The van der Waals surface area contributed by atoms with E-state index in [0.29, 0.717) is 18.4 Å². The fourth-order valence-electron chi connectivity index (χ4n) is 2.93. The van der Waals surface area contributed by atoms with Gasteiger partial charge in [0.25, 0.3) is 0 Å². The fourth-order valence-corrected chi connectivity index (χ4v) is 2.93. The zero-order valence-electron chi connectivity index (χ0n) is 11.7. The standard InChI is InChI=1S/C15H18N4O2/c16-8-11-4-2-6-13(11)14(20)18-12-5-1-3-10(7-12)15-19-17-9-21-15/h1,3,5,7,9,11,13H,2,4,6,8,16H2,(H,18,20). The molecule has 0 spiro atoms. The van der Waals surface area contributed by atoms with Gasteiger partial charge in [0.05, 0.1) is 0 Å². The molecule has 1 aromatic heterocycles. The van der Waals surface area contributed by atoms with Crippen LogP contribution >= 0.6 is 0 Å². The van der Waals surface area contributed by atoms with Crippen LogP contribution in [-0.2, 0) is 4.79 Å². The third-order valence-corrected chi connectivity index (χ3v) is 4.04. The highest BCUT2D eigenvalue weighted by Gasteiger charge is 2.31. The number of nitrogens with two attached hydrogens (primary N) is 1. The number of carbonyl (C=O) groups is 1. The van der Waals surface area contributed by atoms with Crippen molar-refractivity contribution in [1.82, 2.24) is 10.2 Å². The molecule has 21 heavy (non-hydrogen) atoms. The molecule has 1 aliphatic carbocycles. The molecule has 1 fully saturated rings. The number of hydrogen-bond acceptors (Lipinski definition) is 5. The molecule has 2 atom stereocenters. The third-order valence-electron chi connectivity index (χ3n) is 4.04. The lowest BCUT2D eigenvalue weighted by Crippen LogP contribution is -2.29. The van der Waals surface area contributed by atoms with Crippen LogP contribution in [0.4, 0.5) is 5.69 Å². The van der Waals surface area contributed by atoms with Crippen molar-refractivity contribution in [3.8, 4) is 11.5 Å². The maximum Gasteiger partial charge on any atom is 0.247 e. The Labute approximate surface area is 122 Å². The van der Waals surface area contributed by atoms with Crippen molar-refractivity contribution in [2.24, 2.45) is 17.6 Å². The molecule has 2 aromatic rings. The highest BCUT2D eigenvalue weighted by atomic mass is 16.4. The lowest BCUT2D eigenvalue weighted by molar-refractivity contribution is -0.120. The SMILES string of the molecule is NCC1CCCC1C(=O)Nc1cccc(-c2nnco2)c1. The Morgan fingerprint density at radius 1 is 1.43 bits per heavy atom. The van der Waals surface area contributed by atoms with E-state index in [4.69, 9.17) is 10.2 Å². The van der Waals surface area contributed by atoms with E-state index in [0.717, 1.165) is 30.5 Å². The summed E-state index contributed by atoms with van der Waals surface area (Å²) in [5, 5.41) is 10.5. The topological polar surface area (TPSA) is 94.0 Å². The minimum Gasteiger partial charge on any atom is -0.423 e. The quantitative estimate of drug-likeness (QED) is 0.897. The van der Waals surface area contributed by atoms with Crippen LogP contribution in [-0.4, -0.2) is 22.6 Å². The van der Waals surface area contributed by atoms with Gasteiger partial charge in [0.15, 0.2) is 0 Å². The maximum atomic E-state index is 12.4. The monoisotopic (exact) mass is 286 g/mol. The molecule has 1 heterocycles. The molecule has 2 unspecified atom stereocenters. The lowest BCUT2D eigenvalue weighted by atomic mass is 9.95. The number of carbonyl (C=O) groups excluding carboxylic acids is 1. The predicted molar refractivity (Wildman–Crippen MR) is 78.2 cm³/mol. The molecule has 1 amide bonds. The molecular formula is C15H18N4O2. The summed E-state index contributed by atoms with van der Waals surface area (Å²) in [4.78, 5) is 12.4. The summed E-state index contributed by atoms with van der Waals surface area (Å²) >= 11 is 0. The molecule has 6 heteroatoms. The van der Waals surface area contributed by atoms with Crippen molar-refractivity contribution in [3.63, 3.8) is 0 Å². The molecular weight excluding hydrogens is 268 g/mol. The summed E-state index contributed by atoms with van der Waals surface area (Å²) in [5.74, 6) is 0.795. The predicted octanol–water partition coefficient (Wildman–Crippen LogP) is 2.05. The average molecular weight is 286 g/mol. The van der Waals surface area contributed by atoms with Gasteiger partial charge in [-0.2, -0.15) is 0 Å². The van der Waals surface area contributed by atoms with Crippen molar-refractivity contribution >= 4 is 11.6 Å². The lowest BCUT2D eigenvalue weighted by Gasteiger charge is -2.17. The third kappa shape index (κ3) is 2.95. The molecule has 0 radical (unpaired) electrons. The molecule has 0 saturated heterocycles. The number of aromatic nitrogens is 2. The Bertz CT molecular complexity index is 612. The summed E-state index contributed by atoms with van der Waals surface area (Å²) in [6.07, 6.45) is 4.31. The second-order valence-corrected chi connectivity index (χ2v) is 5.35. The number of anilines is 1. The molecule has 110 valence electrons. The van der Waals surface area contributed by atoms with Crippen LogP contribution in [0.15, 0.2) is 35.1 Å². The van der Waals surface area contributed by atoms with E-state index in [-0.39, 0.29) is 11.8 Å². The first-order chi connectivity index (χ1) is 10.3. The first-order valence-corrected chi connectivity index (χ1v) is 7.15. The van der Waals surface area contributed by atoms with Gasteiger partial charge >= 0.3 is 0 Å². The average Bonchev–Trinajstić information content (AvgIpc) is 3.18. The van der Waals surface area contributed by atoms with Crippen LogP contribution in [0.25, 0.3) is 11.5 Å². The van der Waals surface area contributed by atoms with Gasteiger partial charge in [-0.05, 0) is 43.5 Å². The maximum absolute atomic E-state index is 12.4. The van der Waals surface area contributed by atoms with Crippen molar-refractivity contribution in [2.75, 3.05) is 11.9 Å². The van der Waals surface area contributed by atoms with E-state index in [2.05, 4.69) is 15.5 Å². The molecule has 3 rings (SSSR count). The Balaban J connectivity index is 1.73. The molecule has 6 nitrogen and oxygen atoms in total. The normalized spacial score (nSPS) is 21.4. The van der Waals surface area contributed by atoms with Gasteiger partial charge in [0, 0.05) is 17.2 Å². The number of hydrogen-bond donors (Lipinski definition) is 2. The van der Waals surface area contributed by atoms with Gasteiger partial charge in [-0.3, -0.25) is 4.79 Å². The summed E-state index contributed by atoms with van der Waals surface area (Å²) in [6.45, 7) is 0.570. The van der Waals surface area contributed by atoms with Gasteiger partial charge in [-0.15, -0.1) is 10.2 Å². The number of rotatable bonds is 4. The van der Waals surface area contributed by atoms with Crippen molar-refractivity contribution < 1.29 is 9.21 Å². The van der Waals surface area contributed by atoms with Crippen LogP contribution in [0, 0.1) is 11.8 Å². The smallest absolute Gasteiger partial charge is 0.247 e. The first-order valence-electron chi connectivity index (χ1n) is 7.15. The molecule has 0 bridgehead atoms. The van der Waals surface area contributed by atoms with Crippen LogP contribution in [0.5, 0.6) is 0 Å². The van der Waals surface area contributed by atoms with Gasteiger partial charge < -0.3 is 15.5 Å². The summed E-state index contributed by atoms with van der Waals surface area (Å²) in [7, 11) is 0. The van der Waals surface area contributed by atoms with Crippen molar-refractivity contribution in [2.45, 2.75) is 19.3 Å². The van der Waals surface area contributed by atoms with Gasteiger partial charge in [-0.25, -0.2) is 0 Å². The number of benzene rings is 1. The Hall–Kier alpha value is -2.21. The van der Waals surface area contributed by atoms with Crippen LogP contribution < -0.4 is 11.1 Å². The van der Waals surface area contributed by atoms with Gasteiger partial charge in [-0.1, -0.05) is 12.5 Å². The zero-order valence-corrected chi connectivity index (χ0v) is 11.7. The molecule has 1 saturated carbocycles. The van der Waals surface area contributed by atoms with Crippen LogP contribution in [0.3, 0.4) is 0 Å². The van der Waals surface area contributed by atoms with E-state index >= 15 is 0 Å². The van der Waals surface area contributed by atoms with E-state index < -0.39 is 0 Å². The van der Waals surface area contributed by atoms with Crippen molar-refractivity contribution in [1.29, 1.82) is 0 Å². The highest BCUT2D eigenvalue weighted by molar-refractivity contribution is 5.93. The second kappa shape index (κ2) is 6.05. The Morgan fingerprint density at radius 2 is 2.33 bits per heavy atom. The summed E-state index contributed by atoms with van der Waals surface area (Å²) in [5.41, 5.74) is 7.26. The minimum absolute atomic E-state index is 0.0158. The van der Waals surface area contributed by atoms with E-state index in [1.54, 1.807) is 0 Å². The first kappa shape index (κ1) is 13.8. The largest absolute Gasteiger partial charge is 0.423 e. The second-order valence-electron chi connectivity index (χ2n) is 5.35. The van der Waals surface area contributed by atoms with E-state index in [1.165, 1.54) is 6.39 Å². The summed E-state index contributed by atoms with van der Waals surface area (Å²) in [6, 6.07) is 7.40. The number of amides is 1. The summed E-state index contributed by atoms with van der Waals surface area (Å²) < 4.78 is 5.16. The Kier molecular flexibility index (Phi) is 3.96. The minimum atomic E-state index is 0.0158.